The second kappa shape index (κ2) is 4.65. The molecule has 3 aromatic rings. The average molecular weight is 267 g/mol. The van der Waals surface area contributed by atoms with Gasteiger partial charge in [-0.3, -0.25) is 4.79 Å². The zero-order valence-electron chi connectivity index (χ0n) is 10.9. The van der Waals surface area contributed by atoms with Gasteiger partial charge in [-0.25, -0.2) is 9.67 Å². The molecule has 2 heterocycles. The zero-order valence-corrected chi connectivity index (χ0v) is 10.9. The van der Waals surface area contributed by atoms with Crippen LogP contribution in [-0.4, -0.2) is 19.7 Å². The summed E-state index contributed by atoms with van der Waals surface area (Å²) < 4.78 is 1.57. The summed E-state index contributed by atoms with van der Waals surface area (Å²) in [5.41, 5.74) is 8.15. The molecule has 6 nitrogen and oxygen atoms in total. The van der Waals surface area contributed by atoms with Crippen LogP contribution in [0.25, 0.3) is 16.9 Å². The van der Waals surface area contributed by atoms with Crippen LogP contribution in [0.3, 0.4) is 0 Å². The van der Waals surface area contributed by atoms with E-state index in [9.17, 15) is 4.79 Å². The van der Waals surface area contributed by atoms with Gasteiger partial charge in [0.25, 0.3) is 5.56 Å². The molecule has 0 saturated carbocycles. The van der Waals surface area contributed by atoms with Gasteiger partial charge in [0, 0.05) is 23.5 Å². The predicted octanol–water partition coefficient (Wildman–Crippen LogP) is 1.51. The summed E-state index contributed by atoms with van der Waals surface area (Å²) in [4.78, 5) is 18.3. The molecule has 1 aromatic carbocycles. The summed E-state index contributed by atoms with van der Waals surface area (Å²) >= 11 is 0. The molecular weight excluding hydrogens is 254 g/mol. The Morgan fingerprint density at radius 1 is 1.25 bits per heavy atom. The minimum atomic E-state index is -0.200. The van der Waals surface area contributed by atoms with Gasteiger partial charge in [0.2, 0.25) is 0 Å². The molecule has 2 aromatic heterocycles. The van der Waals surface area contributed by atoms with Gasteiger partial charge in [0.1, 0.15) is 5.82 Å². The fourth-order valence-corrected chi connectivity index (χ4v) is 2.00. The van der Waals surface area contributed by atoms with Crippen LogP contribution in [0, 0.1) is 6.92 Å². The SMILES string of the molecule is Cc1nc(-n2cc(-c3cccc(N)c3)cn2)cc(=O)[nH]1. The maximum Gasteiger partial charge on any atom is 0.253 e. The molecule has 3 N–H and O–H groups in total. The van der Waals surface area contributed by atoms with E-state index in [0.29, 0.717) is 17.3 Å². The van der Waals surface area contributed by atoms with E-state index < -0.39 is 0 Å². The van der Waals surface area contributed by atoms with E-state index in [-0.39, 0.29) is 5.56 Å². The molecule has 20 heavy (non-hydrogen) atoms. The molecule has 0 spiro atoms. The van der Waals surface area contributed by atoms with E-state index in [4.69, 9.17) is 5.73 Å². The van der Waals surface area contributed by atoms with Crippen molar-refractivity contribution in [2.24, 2.45) is 0 Å². The van der Waals surface area contributed by atoms with E-state index in [1.807, 2.05) is 30.5 Å². The first-order valence-electron chi connectivity index (χ1n) is 6.11. The summed E-state index contributed by atoms with van der Waals surface area (Å²) in [7, 11) is 0. The fraction of sp³-hybridized carbons (Fsp3) is 0.0714. The molecule has 0 atom stereocenters. The highest BCUT2D eigenvalue weighted by Crippen LogP contribution is 2.21. The van der Waals surface area contributed by atoms with Crippen LogP contribution >= 0.6 is 0 Å². The first-order valence-corrected chi connectivity index (χ1v) is 6.11. The summed E-state index contributed by atoms with van der Waals surface area (Å²) in [5.74, 6) is 1.04. The highest BCUT2D eigenvalue weighted by Gasteiger charge is 2.06. The summed E-state index contributed by atoms with van der Waals surface area (Å²) in [6.07, 6.45) is 3.53. The van der Waals surface area contributed by atoms with Crippen molar-refractivity contribution in [2.45, 2.75) is 6.92 Å². The van der Waals surface area contributed by atoms with Crippen molar-refractivity contribution in [1.82, 2.24) is 19.7 Å². The quantitative estimate of drug-likeness (QED) is 0.689. The number of aromatic amines is 1. The number of nitrogens with zero attached hydrogens (tertiary/aromatic N) is 3. The maximum absolute atomic E-state index is 11.5. The Bertz CT molecular complexity index is 818. The Labute approximate surface area is 114 Å². The smallest absolute Gasteiger partial charge is 0.253 e. The van der Waals surface area contributed by atoms with Gasteiger partial charge in [-0.1, -0.05) is 12.1 Å². The van der Waals surface area contributed by atoms with Gasteiger partial charge >= 0.3 is 0 Å². The van der Waals surface area contributed by atoms with E-state index in [0.717, 1.165) is 11.1 Å². The molecule has 0 fully saturated rings. The Morgan fingerprint density at radius 2 is 2.10 bits per heavy atom. The molecule has 0 saturated heterocycles. The van der Waals surface area contributed by atoms with E-state index in [1.54, 1.807) is 17.8 Å². The Hall–Kier alpha value is -2.89. The molecule has 0 unspecified atom stereocenters. The van der Waals surface area contributed by atoms with Crippen LogP contribution < -0.4 is 11.3 Å². The monoisotopic (exact) mass is 267 g/mol. The third-order valence-electron chi connectivity index (χ3n) is 2.88. The number of H-pyrrole nitrogens is 1. The Kier molecular flexibility index (Phi) is 2.83. The van der Waals surface area contributed by atoms with Crippen molar-refractivity contribution in [3.8, 4) is 16.9 Å². The summed E-state index contributed by atoms with van der Waals surface area (Å²) in [6, 6.07) is 8.95. The highest BCUT2D eigenvalue weighted by molar-refractivity contribution is 5.66. The molecule has 0 amide bonds. The number of aryl methyl sites for hydroxylation is 1. The number of nitrogen functional groups attached to an aromatic ring is 1. The minimum Gasteiger partial charge on any atom is -0.399 e. The number of benzene rings is 1. The van der Waals surface area contributed by atoms with Crippen molar-refractivity contribution < 1.29 is 0 Å². The number of anilines is 1. The lowest BCUT2D eigenvalue weighted by Gasteiger charge is -2.01. The molecule has 6 heteroatoms. The van der Waals surface area contributed by atoms with E-state index in [2.05, 4.69) is 15.1 Å². The standard InChI is InChI=1S/C14H13N5O/c1-9-17-13(6-14(20)18-9)19-8-11(7-16-19)10-3-2-4-12(15)5-10/h2-8H,15H2,1H3,(H,17,18,20). The van der Waals surface area contributed by atoms with Gasteiger partial charge in [0.15, 0.2) is 5.82 Å². The van der Waals surface area contributed by atoms with Crippen LogP contribution in [0.2, 0.25) is 0 Å². The molecule has 100 valence electrons. The van der Waals surface area contributed by atoms with Crippen molar-refractivity contribution in [2.75, 3.05) is 5.73 Å². The molecule has 0 aliphatic rings. The Morgan fingerprint density at radius 3 is 2.85 bits per heavy atom. The maximum atomic E-state index is 11.5. The second-order valence-electron chi connectivity index (χ2n) is 4.49. The average Bonchev–Trinajstić information content (AvgIpc) is 2.87. The van der Waals surface area contributed by atoms with Crippen LogP contribution in [0.5, 0.6) is 0 Å². The van der Waals surface area contributed by atoms with Crippen LogP contribution in [0.4, 0.5) is 5.69 Å². The number of nitrogens with one attached hydrogen (secondary N) is 1. The number of rotatable bonds is 2. The van der Waals surface area contributed by atoms with Gasteiger partial charge in [-0.2, -0.15) is 5.10 Å². The molecule has 3 rings (SSSR count). The van der Waals surface area contributed by atoms with E-state index >= 15 is 0 Å². The van der Waals surface area contributed by atoms with Crippen LogP contribution in [0.15, 0.2) is 47.5 Å². The Balaban J connectivity index is 2.04. The molecular formula is C14H13N5O. The summed E-state index contributed by atoms with van der Waals surface area (Å²) in [5, 5.41) is 4.24. The number of hydrogen-bond acceptors (Lipinski definition) is 4. The van der Waals surface area contributed by atoms with Gasteiger partial charge in [-0.15, -0.1) is 0 Å². The highest BCUT2D eigenvalue weighted by atomic mass is 16.1. The van der Waals surface area contributed by atoms with Crippen molar-refractivity contribution in [1.29, 1.82) is 0 Å². The first-order chi connectivity index (χ1) is 9.61. The third-order valence-corrected chi connectivity index (χ3v) is 2.88. The minimum absolute atomic E-state index is 0.200. The van der Waals surface area contributed by atoms with Crippen LogP contribution in [0.1, 0.15) is 5.82 Å². The lowest BCUT2D eigenvalue weighted by molar-refractivity contribution is 0.822. The second-order valence-corrected chi connectivity index (χ2v) is 4.49. The van der Waals surface area contributed by atoms with E-state index in [1.165, 1.54) is 6.07 Å². The predicted molar refractivity (Wildman–Crippen MR) is 76.6 cm³/mol. The lowest BCUT2D eigenvalue weighted by Crippen LogP contribution is -2.12. The fourth-order valence-electron chi connectivity index (χ4n) is 2.00. The first kappa shape index (κ1) is 12.2. The van der Waals surface area contributed by atoms with Crippen molar-refractivity contribution in [3.63, 3.8) is 0 Å². The van der Waals surface area contributed by atoms with Gasteiger partial charge in [-0.05, 0) is 24.6 Å². The molecule has 0 bridgehead atoms. The summed E-state index contributed by atoms with van der Waals surface area (Å²) in [6.45, 7) is 1.73. The van der Waals surface area contributed by atoms with Crippen molar-refractivity contribution >= 4 is 5.69 Å². The molecule has 0 radical (unpaired) electrons. The largest absolute Gasteiger partial charge is 0.399 e. The molecule has 0 aliphatic carbocycles. The van der Waals surface area contributed by atoms with Crippen LogP contribution in [-0.2, 0) is 0 Å². The zero-order chi connectivity index (χ0) is 14.1. The molecule has 0 aliphatic heterocycles. The number of hydrogen-bond donors (Lipinski definition) is 2. The van der Waals surface area contributed by atoms with Crippen molar-refractivity contribution in [3.05, 3.63) is 58.9 Å². The normalized spacial score (nSPS) is 10.7. The number of aromatic nitrogens is 4. The van der Waals surface area contributed by atoms with Gasteiger partial charge < -0.3 is 10.7 Å². The third kappa shape index (κ3) is 2.31. The topological polar surface area (TPSA) is 89.6 Å². The number of nitrogens with two attached hydrogens (primary N) is 1. The lowest BCUT2D eigenvalue weighted by atomic mass is 10.1. The van der Waals surface area contributed by atoms with Gasteiger partial charge in [0.05, 0.1) is 6.20 Å².